The lowest BCUT2D eigenvalue weighted by atomic mass is 9.83. The van der Waals surface area contributed by atoms with Gasteiger partial charge in [0.05, 0.1) is 16.8 Å². The fraction of sp³-hybridized carbons (Fsp3) is 0.500. The molecule has 0 amide bonds. The van der Waals surface area contributed by atoms with E-state index in [-0.39, 0.29) is 5.82 Å². The Balaban J connectivity index is 1.90. The van der Waals surface area contributed by atoms with Crippen LogP contribution in [0.2, 0.25) is 0 Å². The second kappa shape index (κ2) is 5.04. The Hall–Kier alpha value is -0.770. The molecule has 1 aromatic rings. The summed E-state index contributed by atoms with van der Waals surface area (Å²) >= 11 is 3.12. The summed E-state index contributed by atoms with van der Waals surface area (Å²) < 4.78 is 19.0. The Morgan fingerprint density at radius 2 is 2.19 bits per heavy atom. The maximum absolute atomic E-state index is 13.1. The Kier molecular flexibility index (Phi) is 3.69. The Bertz CT molecular complexity index is 380. The van der Waals surface area contributed by atoms with Crippen LogP contribution in [0.15, 0.2) is 16.6 Å². The number of ether oxygens (including phenoxy) is 1. The summed E-state index contributed by atoms with van der Waals surface area (Å²) in [6.45, 7) is 0.660. The van der Waals surface area contributed by atoms with Gasteiger partial charge in [-0.3, -0.25) is 0 Å². The molecular formula is C12H15BrFNO. The van der Waals surface area contributed by atoms with Crippen molar-refractivity contribution < 1.29 is 9.13 Å². The van der Waals surface area contributed by atoms with Gasteiger partial charge in [-0.1, -0.05) is 19.3 Å². The molecule has 0 aromatic heterocycles. The molecule has 0 unspecified atom stereocenters. The lowest BCUT2D eigenvalue weighted by molar-refractivity contribution is 0.222. The van der Waals surface area contributed by atoms with Crippen LogP contribution in [0.3, 0.4) is 0 Å². The zero-order chi connectivity index (χ0) is 11.5. The van der Waals surface area contributed by atoms with Crippen molar-refractivity contribution in [2.24, 2.45) is 5.92 Å². The van der Waals surface area contributed by atoms with Crippen molar-refractivity contribution in [1.82, 2.24) is 0 Å². The third-order valence-corrected chi connectivity index (χ3v) is 3.67. The quantitative estimate of drug-likeness (QED) is 0.857. The predicted molar refractivity (Wildman–Crippen MR) is 66.0 cm³/mol. The molecular weight excluding hydrogens is 273 g/mol. The minimum absolute atomic E-state index is 0.356. The largest absolute Gasteiger partial charge is 0.491 e. The van der Waals surface area contributed by atoms with Gasteiger partial charge >= 0.3 is 0 Å². The molecule has 88 valence electrons. The topological polar surface area (TPSA) is 35.2 Å². The first-order valence-corrected chi connectivity index (χ1v) is 6.33. The van der Waals surface area contributed by atoms with E-state index in [1.165, 1.54) is 25.3 Å². The first kappa shape index (κ1) is 11.7. The molecule has 1 aliphatic rings. The number of hydrogen-bond acceptors (Lipinski definition) is 2. The molecule has 1 fully saturated rings. The van der Waals surface area contributed by atoms with E-state index < -0.39 is 0 Å². The molecule has 0 spiro atoms. The van der Waals surface area contributed by atoms with E-state index in [9.17, 15) is 4.39 Å². The predicted octanol–water partition coefficient (Wildman–Crippen LogP) is 3.74. The van der Waals surface area contributed by atoms with Crippen LogP contribution in [0.25, 0.3) is 0 Å². The molecule has 0 saturated heterocycles. The highest BCUT2D eigenvalue weighted by Gasteiger charge is 2.17. The van der Waals surface area contributed by atoms with Crippen LogP contribution in [0.5, 0.6) is 5.75 Å². The summed E-state index contributed by atoms with van der Waals surface area (Å²) in [6, 6.07) is 2.87. The summed E-state index contributed by atoms with van der Waals surface area (Å²) in [4.78, 5) is 0. The standard InChI is InChI=1S/C12H15BrFNO/c13-9-6-12(11(15)7-10(9)14)16-5-4-8-2-1-3-8/h6-8H,1-5,15H2. The molecule has 0 radical (unpaired) electrons. The Morgan fingerprint density at radius 1 is 1.44 bits per heavy atom. The average molecular weight is 288 g/mol. The Morgan fingerprint density at radius 3 is 2.81 bits per heavy atom. The van der Waals surface area contributed by atoms with Crippen molar-refractivity contribution in [2.45, 2.75) is 25.7 Å². The molecule has 0 aliphatic heterocycles. The van der Waals surface area contributed by atoms with Crippen molar-refractivity contribution in [3.8, 4) is 5.75 Å². The van der Waals surface area contributed by atoms with Gasteiger partial charge < -0.3 is 10.5 Å². The van der Waals surface area contributed by atoms with Crippen molar-refractivity contribution in [3.63, 3.8) is 0 Å². The number of halogens is 2. The van der Waals surface area contributed by atoms with Gasteiger partial charge in [0.2, 0.25) is 0 Å². The normalized spacial score (nSPS) is 15.9. The minimum Gasteiger partial charge on any atom is -0.491 e. The third kappa shape index (κ3) is 2.67. The average Bonchev–Trinajstić information content (AvgIpc) is 2.17. The van der Waals surface area contributed by atoms with E-state index in [4.69, 9.17) is 10.5 Å². The van der Waals surface area contributed by atoms with Crippen LogP contribution in [-0.4, -0.2) is 6.61 Å². The SMILES string of the molecule is Nc1cc(F)c(Br)cc1OCCC1CCC1. The van der Waals surface area contributed by atoms with E-state index in [1.54, 1.807) is 6.07 Å². The third-order valence-electron chi connectivity index (χ3n) is 3.06. The van der Waals surface area contributed by atoms with Crippen LogP contribution < -0.4 is 10.5 Å². The first-order chi connectivity index (χ1) is 7.66. The summed E-state index contributed by atoms with van der Waals surface area (Å²) in [5, 5.41) is 0. The first-order valence-electron chi connectivity index (χ1n) is 5.54. The van der Waals surface area contributed by atoms with Crippen molar-refractivity contribution in [2.75, 3.05) is 12.3 Å². The van der Waals surface area contributed by atoms with Crippen LogP contribution in [0, 0.1) is 11.7 Å². The van der Waals surface area contributed by atoms with E-state index in [0.29, 0.717) is 22.5 Å². The molecule has 2 rings (SSSR count). The molecule has 0 heterocycles. The van der Waals surface area contributed by atoms with Crippen LogP contribution in [0.4, 0.5) is 10.1 Å². The maximum atomic E-state index is 13.1. The molecule has 1 aliphatic carbocycles. The summed E-state index contributed by atoms with van der Waals surface area (Å²) in [5.41, 5.74) is 6.02. The van der Waals surface area contributed by atoms with Gasteiger partial charge in [-0.2, -0.15) is 0 Å². The van der Waals surface area contributed by atoms with Crippen LogP contribution in [0.1, 0.15) is 25.7 Å². The minimum atomic E-state index is -0.358. The Labute approximate surface area is 103 Å². The van der Waals surface area contributed by atoms with Gasteiger partial charge in [0.15, 0.2) is 0 Å². The van der Waals surface area contributed by atoms with E-state index in [1.807, 2.05) is 0 Å². The lowest BCUT2D eigenvalue weighted by Crippen LogP contribution is -2.14. The maximum Gasteiger partial charge on any atom is 0.143 e. The number of nitrogens with two attached hydrogens (primary N) is 1. The summed E-state index contributed by atoms with van der Waals surface area (Å²) in [7, 11) is 0. The van der Waals surface area contributed by atoms with Gasteiger partial charge in [0.1, 0.15) is 11.6 Å². The van der Waals surface area contributed by atoms with E-state index >= 15 is 0 Å². The second-order valence-electron chi connectivity index (χ2n) is 4.24. The molecule has 1 saturated carbocycles. The summed E-state index contributed by atoms with van der Waals surface area (Å²) in [5.74, 6) is 1.02. The van der Waals surface area contributed by atoms with Gasteiger partial charge in [0.25, 0.3) is 0 Å². The smallest absolute Gasteiger partial charge is 0.143 e. The fourth-order valence-corrected chi connectivity index (χ4v) is 2.11. The molecule has 16 heavy (non-hydrogen) atoms. The molecule has 2 nitrogen and oxygen atoms in total. The number of nitrogen functional groups attached to an aromatic ring is 1. The van der Waals surface area contributed by atoms with Crippen LogP contribution in [-0.2, 0) is 0 Å². The molecule has 2 N–H and O–H groups in total. The zero-order valence-corrected chi connectivity index (χ0v) is 10.6. The fourth-order valence-electron chi connectivity index (χ4n) is 1.79. The van der Waals surface area contributed by atoms with Crippen molar-refractivity contribution in [3.05, 3.63) is 22.4 Å². The molecule has 1 aromatic carbocycles. The number of anilines is 1. The zero-order valence-electron chi connectivity index (χ0n) is 9.01. The molecule has 0 atom stereocenters. The highest BCUT2D eigenvalue weighted by molar-refractivity contribution is 9.10. The molecule has 0 bridgehead atoms. The lowest BCUT2D eigenvalue weighted by Gasteiger charge is -2.25. The number of rotatable bonds is 4. The highest BCUT2D eigenvalue weighted by Crippen LogP contribution is 2.31. The number of benzene rings is 1. The number of hydrogen-bond donors (Lipinski definition) is 1. The summed E-state index contributed by atoms with van der Waals surface area (Å²) in [6.07, 6.45) is 5.03. The second-order valence-corrected chi connectivity index (χ2v) is 5.09. The molecule has 4 heteroatoms. The van der Waals surface area contributed by atoms with Crippen molar-refractivity contribution >= 4 is 21.6 Å². The van der Waals surface area contributed by atoms with Crippen molar-refractivity contribution in [1.29, 1.82) is 0 Å². The van der Waals surface area contributed by atoms with Gasteiger partial charge in [0, 0.05) is 6.07 Å². The van der Waals surface area contributed by atoms with Gasteiger partial charge in [-0.15, -0.1) is 0 Å². The van der Waals surface area contributed by atoms with E-state index in [2.05, 4.69) is 15.9 Å². The van der Waals surface area contributed by atoms with E-state index in [0.717, 1.165) is 12.3 Å². The van der Waals surface area contributed by atoms with Crippen LogP contribution >= 0.6 is 15.9 Å². The monoisotopic (exact) mass is 287 g/mol. The highest BCUT2D eigenvalue weighted by atomic mass is 79.9. The van der Waals surface area contributed by atoms with Gasteiger partial charge in [-0.05, 0) is 34.3 Å². The van der Waals surface area contributed by atoms with Gasteiger partial charge in [-0.25, -0.2) is 4.39 Å².